The Morgan fingerprint density at radius 3 is 2.29 bits per heavy atom. The molecular weight excluding hydrogens is 346 g/mol. The summed E-state index contributed by atoms with van der Waals surface area (Å²) in [6.07, 6.45) is 1.32. The van der Waals surface area contributed by atoms with Gasteiger partial charge in [0, 0.05) is 34.8 Å². The minimum absolute atomic E-state index is 0.0246. The van der Waals surface area contributed by atoms with Gasteiger partial charge in [-0.15, -0.1) is 0 Å². The molecule has 0 amide bonds. The van der Waals surface area contributed by atoms with E-state index in [-0.39, 0.29) is 28.8 Å². The normalized spacial score (nSPS) is 25.2. The van der Waals surface area contributed by atoms with Crippen LogP contribution >= 0.6 is 0 Å². The summed E-state index contributed by atoms with van der Waals surface area (Å²) in [5.41, 5.74) is 6.14. The Bertz CT molecular complexity index is 1090. The van der Waals surface area contributed by atoms with Gasteiger partial charge in [-0.25, -0.2) is 0 Å². The van der Waals surface area contributed by atoms with Gasteiger partial charge in [-0.1, -0.05) is 67.9 Å². The first-order chi connectivity index (χ1) is 13.4. The molecule has 2 aromatic carbocycles. The highest BCUT2D eigenvalue weighted by Crippen LogP contribution is 2.51. The van der Waals surface area contributed by atoms with E-state index in [1.54, 1.807) is 0 Å². The molecule has 3 aliphatic rings. The number of nitrogens with zero attached hydrogens (tertiary/aromatic N) is 1. The van der Waals surface area contributed by atoms with Crippen LogP contribution < -0.4 is 0 Å². The monoisotopic (exact) mass is 369 g/mol. The Balaban J connectivity index is 1.75. The lowest BCUT2D eigenvalue weighted by Crippen LogP contribution is -2.43. The number of Topliss-reactive ketones (excluding diaryl/α,β-unsaturated/α-hetero) is 2. The molecule has 2 aromatic rings. The van der Waals surface area contributed by atoms with Crippen molar-refractivity contribution in [2.24, 2.45) is 16.3 Å². The maximum absolute atomic E-state index is 13.4. The third-order valence-electron chi connectivity index (χ3n) is 6.28. The molecule has 5 rings (SSSR count). The number of carbonyl (C=O) groups is 2. The van der Waals surface area contributed by atoms with Crippen molar-refractivity contribution < 1.29 is 9.59 Å². The number of hydrogen-bond acceptors (Lipinski definition) is 3. The summed E-state index contributed by atoms with van der Waals surface area (Å²) in [4.78, 5) is 31.6. The van der Waals surface area contributed by atoms with Crippen LogP contribution in [-0.4, -0.2) is 17.3 Å². The van der Waals surface area contributed by atoms with E-state index in [2.05, 4.69) is 38.1 Å². The van der Waals surface area contributed by atoms with Gasteiger partial charge < -0.3 is 0 Å². The lowest BCUT2D eigenvalue weighted by atomic mass is 9.63. The third-order valence-corrected chi connectivity index (χ3v) is 6.28. The minimum atomic E-state index is -0.326. The van der Waals surface area contributed by atoms with Gasteiger partial charge >= 0.3 is 0 Å². The van der Waals surface area contributed by atoms with Gasteiger partial charge in [0.05, 0.1) is 11.6 Å². The van der Waals surface area contributed by atoms with Crippen molar-refractivity contribution in [3.05, 3.63) is 76.4 Å². The largest absolute Gasteiger partial charge is 0.299 e. The SMILES string of the molecule is Cc1ccc([C@H]2C3=C(N=C4CC(C)(C)CC(=O)[C@H]42)c2ccccc2C3=O)cc1. The maximum atomic E-state index is 13.4. The summed E-state index contributed by atoms with van der Waals surface area (Å²) in [6.45, 7) is 6.30. The van der Waals surface area contributed by atoms with Crippen molar-refractivity contribution in [1.82, 2.24) is 0 Å². The molecule has 1 heterocycles. The van der Waals surface area contributed by atoms with Crippen LogP contribution in [0.25, 0.3) is 5.70 Å². The second-order valence-corrected chi connectivity index (χ2v) is 9.09. The summed E-state index contributed by atoms with van der Waals surface area (Å²) in [7, 11) is 0. The highest BCUT2D eigenvalue weighted by molar-refractivity contribution is 6.25. The number of allylic oxidation sites excluding steroid dienone is 1. The molecule has 2 aliphatic carbocycles. The van der Waals surface area contributed by atoms with Gasteiger partial charge in [0.25, 0.3) is 0 Å². The fourth-order valence-corrected chi connectivity index (χ4v) is 5.06. The van der Waals surface area contributed by atoms with E-state index in [9.17, 15) is 9.59 Å². The van der Waals surface area contributed by atoms with Crippen molar-refractivity contribution >= 4 is 23.0 Å². The zero-order valence-corrected chi connectivity index (χ0v) is 16.5. The van der Waals surface area contributed by atoms with Crippen molar-refractivity contribution in [3.8, 4) is 0 Å². The summed E-state index contributed by atoms with van der Waals surface area (Å²) in [5.74, 6) is -0.341. The molecule has 0 spiro atoms. The van der Waals surface area contributed by atoms with Crippen molar-refractivity contribution in [3.63, 3.8) is 0 Å². The number of rotatable bonds is 1. The average molecular weight is 369 g/mol. The van der Waals surface area contributed by atoms with Crippen molar-refractivity contribution in [2.75, 3.05) is 0 Å². The highest BCUT2D eigenvalue weighted by atomic mass is 16.1. The molecule has 0 saturated heterocycles. The van der Waals surface area contributed by atoms with Gasteiger partial charge in [-0.05, 0) is 24.3 Å². The van der Waals surface area contributed by atoms with Crippen molar-refractivity contribution in [1.29, 1.82) is 0 Å². The van der Waals surface area contributed by atoms with Gasteiger partial charge in [-0.2, -0.15) is 0 Å². The van der Waals surface area contributed by atoms with E-state index in [0.717, 1.165) is 29.0 Å². The van der Waals surface area contributed by atoms with E-state index in [0.29, 0.717) is 17.6 Å². The topological polar surface area (TPSA) is 46.5 Å². The Morgan fingerprint density at radius 2 is 1.57 bits per heavy atom. The summed E-state index contributed by atoms with van der Waals surface area (Å²) in [5, 5.41) is 0. The standard InChI is InChI=1S/C25H23NO2/c1-14-8-10-15(11-9-14)20-21-18(12-25(2,3)13-19(21)27)26-23-16-6-4-5-7-17(16)24(28)22(20)23/h4-11,20-21H,12-13H2,1-3H3/t20-,21+/m1/s1. The fraction of sp³-hybridized carbons (Fsp3) is 0.320. The third kappa shape index (κ3) is 2.46. The molecule has 140 valence electrons. The second-order valence-electron chi connectivity index (χ2n) is 9.09. The van der Waals surface area contributed by atoms with Gasteiger partial charge in [0.15, 0.2) is 5.78 Å². The molecule has 28 heavy (non-hydrogen) atoms. The number of ketones is 2. The van der Waals surface area contributed by atoms with Crippen LogP contribution in [-0.2, 0) is 4.79 Å². The van der Waals surface area contributed by atoms with Crippen molar-refractivity contribution in [2.45, 2.75) is 39.5 Å². The summed E-state index contributed by atoms with van der Waals surface area (Å²) < 4.78 is 0. The molecule has 0 aromatic heterocycles. The lowest BCUT2D eigenvalue weighted by molar-refractivity contribution is -0.124. The van der Waals surface area contributed by atoms with Gasteiger partial charge in [0.2, 0.25) is 0 Å². The number of hydrogen-bond donors (Lipinski definition) is 0. The van der Waals surface area contributed by atoms with Gasteiger partial charge in [-0.3, -0.25) is 14.6 Å². The first-order valence-electron chi connectivity index (χ1n) is 9.91. The van der Waals surface area contributed by atoms with Crippen LogP contribution in [0.3, 0.4) is 0 Å². The van der Waals surface area contributed by atoms with E-state index < -0.39 is 0 Å². The van der Waals surface area contributed by atoms with Gasteiger partial charge in [0.1, 0.15) is 5.78 Å². The number of aryl methyl sites for hydroxylation is 1. The second kappa shape index (κ2) is 5.84. The predicted molar refractivity (Wildman–Crippen MR) is 111 cm³/mol. The van der Waals surface area contributed by atoms with Crippen LogP contribution in [0.15, 0.2) is 59.1 Å². The first-order valence-corrected chi connectivity index (χ1v) is 9.91. The predicted octanol–water partition coefficient (Wildman–Crippen LogP) is 5.15. The van der Waals surface area contributed by atoms with Crippen LogP contribution in [0.4, 0.5) is 0 Å². The smallest absolute Gasteiger partial charge is 0.192 e. The summed E-state index contributed by atoms with van der Waals surface area (Å²) in [6, 6.07) is 15.9. The lowest BCUT2D eigenvalue weighted by Gasteiger charge is -2.40. The zero-order chi connectivity index (χ0) is 19.6. The number of fused-ring (bicyclic) bond motifs is 3. The molecule has 2 atom stereocenters. The molecule has 1 aliphatic heterocycles. The molecule has 1 saturated carbocycles. The minimum Gasteiger partial charge on any atom is -0.299 e. The van der Waals surface area contributed by atoms with Crippen LogP contribution in [0.2, 0.25) is 0 Å². The van der Waals surface area contributed by atoms with E-state index in [4.69, 9.17) is 4.99 Å². The molecule has 0 unspecified atom stereocenters. The molecule has 0 N–H and O–H groups in total. The van der Waals surface area contributed by atoms with E-state index in [1.165, 1.54) is 5.56 Å². The van der Waals surface area contributed by atoms with Crippen LogP contribution in [0.1, 0.15) is 59.7 Å². The molecule has 1 fully saturated rings. The zero-order valence-electron chi connectivity index (χ0n) is 16.5. The van der Waals surface area contributed by atoms with Crippen LogP contribution in [0, 0.1) is 18.3 Å². The summed E-state index contributed by atoms with van der Waals surface area (Å²) >= 11 is 0. The van der Waals surface area contributed by atoms with Crippen LogP contribution in [0.5, 0.6) is 0 Å². The molecule has 0 bridgehead atoms. The Morgan fingerprint density at radius 1 is 0.893 bits per heavy atom. The quantitative estimate of drug-likeness (QED) is 0.698. The number of benzene rings is 2. The number of aliphatic imine (C=N–C) groups is 1. The van der Waals surface area contributed by atoms with E-state index >= 15 is 0 Å². The Kier molecular flexibility index (Phi) is 3.61. The maximum Gasteiger partial charge on any atom is 0.192 e. The first kappa shape index (κ1) is 17.3. The Hall–Kier alpha value is -2.81. The average Bonchev–Trinajstić information content (AvgIpc) is 2.93. The molecular formula is C25H23NO2. The number of carbonyl (C=O) groups excluding carboxylic acids is 2. The Labute approximate surface area is 165 Å². The molecule has 0 radical (unpaired) electrons. The molecule has 3 nitrogen and oxygen atoms in total. The molecule has 3 heteroatoms. The van der Waals surface area contributed by atoms with E-state index in [1.807, 2.05) is 31.2 Å². The fourth-order valence-electron chi connectivity index (χ4n) is 5.06. The highest BCUT2D eigenvalue weighted by Gasteiger charge is 2.49.